The van der Waals surface area contributed by atoms with Crippen molar-refractivity contribution in [3.63, 3.8) is 0 Å². The summed E-state index contributed by atoms with van der Waals surface area (Å²) < 4.78 is 0. The van der Waals surface area contributed by atoms with Crippen LogP contribution in [0.3, 0.4) is 0 Å². The number of aryl methyl sites for hydroxylation is 1. The van der Waals surface area contributed by atoms with Gasteiger partial charge in [-0.25, -0.2) is 9.97 Å². The van der Waals surface area contributed by atoms with Crippen molar-refractivity contribution >= 4 is 0 Å². The number of nitrogens with zero attached hydrogens (tertiary/aromatic N) is 3. The van der Waals surface area contributed by atoms with Crippen LogP contribution >= 0.6 is 0 Å². The first kappa shape index (κ1) is 12.9. The van der Waals surface area contributed by atoms with E-state index in [9.17, 15) is 0 Å². The SMILES string of the molecule is c1ccc(-c2ncc3c(n2)CCC(CNC2CC2)C3)nc1. The minimum Gasteiger partial charge on any atom is -0.314 e. The second kappa shape index (κ2) is 5.53. The summed E-state index contributed by atoms with van der Waals surface area (Å²) in [5.74, 6) is 1.49. The molecule has 0 aliphatic heterocycles. The smallest absolute Gasteiger partial charge is 0.178 e. The molecule has 21 heavy (non-hydrogen) atoms. The zero-order valence-electron chi connectivity index (χ0n) is 12.1. The minimum atomic E-state index is 0.738. The molecule has 1 N–H and O–H groups in total. The topological polar surface area (TPSA) is 50.7 Å². The van der Waals surface area contributed by atoms with Crippen molar-refractivity contribution in [1.82, 2.24) is 20.3 Å². The molecule has 4 nitrogen and oxygen atoms in total. The molecule has 1 fully saturated rings. The Kier molecular flexibility index (Phi) is 3.39. The van der Waals surface area contributed by atoms with Crippen LogP contribution in [0.2, 0.25) is 0 Å². The number of aromatic nitrogens is 3. The fourth-order valence-corrected chi connectivity index (χ4v) is 3.00. The maximum atomic E-state index is 4.73. The average molecular weight is 280 g/mol. The van der Waals surface area contributed by atoms with Crippen molar-refractivity contribution in [1.29, 1.82) is 0 Å². The number of fused-ring (bicyclic) bond motifs is 1. The number of pyridine rings is 1. The molecule has 2 aliphatic rings. The Labute approximate surface area is 125 Å². The van der Waals surface area contributed by atoms with Gasteiger partial charge in [-0.05, 0) is 62.3 Å². The predicted molar refractivity (Wildman–Crippen MR) is 81.8 cm³/mol. The maximum Gasteiger partial charge on any atom is 0.178 e. The Morgan fingerprint density at radius 2 is 2.10 bits per heavy atom. The van der Waals surface area contributed by atoms with Crippen LogP contribution in [0.5, 0.6) is 0 Å². The first-order valence-electron chi connectivity index (χ1n) is 7.88. The van der Waals surface area contributed by atoms with Crippen LogP contribution in [0.15, 0.2) is 30.6 Å². The molecule has 1 unspecified atom stereocenters. The molecule has 4 heteroatoms. The second-order valence-electron chi connectivity index (χ2n) is 6.17. The lowest BCUT2D eigenvalue weighted by molar-refractivity contribution is 0.418. The van der Waals surface area contributed by atoms with Gasteiger partial charge in [0, 0.05) is 24.1 Å². The third kappa shape index (κ3) is 2.95. The van der Waals surface area contributed by atoms with Crippen molar-refractivity contribution in [2.24, 2.45) is 5.92 Å². The summed E-state index contributed by atoms with van der Waals surface area (Å²) in [6.07, 6.45) is 9.92. The molecule has 108 valence electrons. The van der Waals surface area contributed by atoms with E-state index in [1.165, 1.54) is 30.5 Å². The van der Waals surface area contributed by atoms with Gasteiger partial charge in [0.05, 0.1) is 0 Å². The number of hydrogen-bond acceptors (Lipinski definition) is 4. The molecular weight excluding hydrogens is 260 g/mol. The highest BCUT2D eigenvalue weighted by Gasteiger charge is 2.25. The normalized spacial score (nSPS) is 21.0. The van der Waals surface area contributed by atoms with E-state index < -0.39 is 0 Å². The highest BCUT2D eigenvalue weighted by Crippen LogP contribution is 2.26. The van der Waals surface area contributed by atoms with Gasteiger partial charge in [-0.15, -0.1) is 0 Å². The van der Waals surface area contributed by atoms with Crippen LogP contribution in [-0.4, -0.2) is 27.5 Å². The van der Waals surface area contributed by atoms with E-state index >= 15 is 0 Å². The largest absolute Gasteiger partial charge is 0.314 e. The number of rotatable bonds is 4. The molecule has 4 rings (SSSR count). The third-order valence-corrected chi connectivity index (χ3v) is 4.42. The molecule has 2 aromatic heterocycles. The van der Waals surface area contributed by atoms with E-state index in [0.29, 0.717) is 0 Å². The van der Waals surface area contributed by atoms with Crippen LogP contribution in [0.25, 0.3) is 11.5 Å². The van der Waals surface area contributed by atoms with Crippen LogP contribution in [-0.2, 0) is 12.8 Å². The van der Waals surface area contributed by atoms with E-state index in [4.69, 9.17) is 4.98 Å². The van der Waals surface area contributed by atoms with E-state index in [-0.39, 0.29) is 0 Å². The van der Waals surface area contributed by atoms with Crippen molar-refractivity contribution in [2.75, 3.05) is 6.54 Å². The Morgan fingerprint density at radius 1 is 1.14 bits per heavy atom. The van der Waals surface area contributed by atoms with Crippen LogP contribution in [0, 0.1) is 5.92 Å². The van der Waals surface area contributed by atoms with Gasteiger partial charge in [-0.3, -0.25) is 4.98 Å². The molecule has 1 saturated carbocycles. The second-order valence-corrected chi connectivity index (χ2v) is 6.17. The van der Waals surface area contributed by atoms with Gasteiger partial charge in [-0.1, -0.05) is 6.07 Å². The molecule has 0 aromatic carbocycles. The molecule has 2 aliphatic carbocycles. The van der Waals surface area contributed by atoms with Crippen molar-refractivity contribution in [3.8, 4) is 11.5 Å². The third-order valence-electron chi connectivity index (χ3n) is 4.42. The van der Waals surface area contributed by atoms with Crippen molar-refractivity contribution in [3.05, 3.63) is 41.9 Å². The van der Waals surface area contributed by atoms with Crippen LogP contribution < -0.4 is 5.32 Å². The molecule has 1 atom stereocenters. The lowest BCUT2D eigenvalue weighted by Gasteiger charge is -2.24. The first-order valence-corrected chi connectivity index (χ1v) is 7.88. The summed E-state index contributed by atoms with van der Waals surface area (Å²) >= 11 is 0. The lowest BCUT2D eigenvalue weighted by Crippen LogP contribution is -2.29. The highest BCUT2D eigenvalue weighted by atomic mass is 15.0. The molecule has 0 amide bonds. The summed E-state index contributed by atoms with van der Waals surface area (Å²) in [6.45, 7) is 1.14. The monoisotopic (exact) mass is 280 g/mol. The van der Waals surface area contributed by atoms with E-state index in [0.717, 1.165) is 42.9 Å². The number of hydrogen-bond donors (Lipinski definition) is 1. The van der Waals surface area contributed by atoms with Gasteiger partial charge >= 0.3 is 0 Å². The standard InChI is InChI=1S/C17H20N4/c1-2-8-18-16(3-1)17-20-11-13-9-12(4-7-15(13)21-17)10-19-14-5-6-14/h1-3,8,11-12,14,19H,4-7,9-10H2. The van der Waals surface area contributed by atoms with Gasteiger partial charge in [0.1, 0.15) is 5.69 Å². The Morgan fingerprint density at radius 3 is 2.90 bits per heavy atom. The predicted octanol–water partition coefficient (Wildman–Crippen LogP) is 2.40. The van der Waals surface area contributed by atoms with Gasteiger partial charge in [0.2, 0.25) is 0 Å². The van der Waals surface area contributed by atoms with Crippen LogP contribution in [0.1, 0.15) is 30.5 Å². The summed E-state index contributed by atoms with van der Waals surface area (Å²) in [6, 6.07) is 6.66. The van der Waals surface area contributed by atoms with E-state index in [1.54, 1.807) is 6.20 Å². The van der Waals surface area contributed by atoms with Crippen molar-refractivity contribution in [2.45, 2.75) is 38.1 Å². The Bertz CT molecular complexity index is 622. The zero-order valence-corrected chi connectivity index (χ0v) is 12.1. The quantitative estimate of drug-likeness (QED) is 0.934. The molecule has 0 bridgehead atoms. The Hall–Kier alpha value is -1.81. The first-order chi connectivity index (χ1) is 10.4. The molecule has 2 aromatic rings. The van der Waals surface area contributed by atoms with Crippen molar-refractivity contribution < 1.29 is 0 Å². The average Bonchev–Trinajstić information content (AvgIpc) is 3.37. The van der Waals surface area contributed by atoms with E-state index in [2.05, 4.69) is 15.3 Å². The van der Waals surface area contributed by atoms with Gasteiger partial charge in [-0.2, -0.15) is 0 Å². The molecule has 2 heterocycles. The highest BCUT2D eigenvalue weighted by molar-refractivity contribution is 5.49. The molecule has 0 spiro atoms. The van der Waals surface area contributed by atoms with Gasteiger partial charge in [0.25, 0.3) is 0 Å². The fourth-order valence-electron chi connectivity index (χ4n) is 3.00. The molecule has 0 radical (unpaired) electrons. The number of nitrogens with one attached hydrogen (secondary N) is 1. The molecule has 0 saturated heterocycles. The summed E-state index contributed by atoms with van der Waals surface area (Å²) in [5, 5.41) is 3.64. The summed E-state index contributed by atoms with van der Waals surface area (Å²) in [4.78, 5) is 13.6. The van der Waals surface area contributed by atoms with E-state index in [1.807, 2.05) is 24.4 Å². The zero-order chi connectivity index (χ0) is 14.1. The Balaban J connectivity index is 1.49. The van der Waals surface area contributed by atoms with Gasteiger partial charge in [0.15, 0.2) is 5.82 Å². The molecular formula is C17H20N4. The summed E-state index contributed by atoms with van der Waals surface area (Å²) in [5.41, 5.74) is 3.40. The maximum absolute atomic E-state index is 4.73. The lowest BCUT2D eigenvalue weighted by atomic mass is 9.87. The summed E-state index contributed by atoms with van der Waals surface area (Å²) in [7, 11) is 0. The van der Waals surface area contributed by atoms with Crippen LogP contribution in [0.4, 0.5) is 0 Å². The fraction of sp³-hybridized carbons (Fsp3) is 0.471. The van der Waals surface area contributed by atoms with Gasteiger partial charge < -0.3 is 5.32 Å². The minimum absolute atomic E-state index is 0.738.